The number of rotatable bonds is 4. The molecule has 68 valence electrons. The smallest absolute Gasteiger partial charge is 0.137 e. The Morgan fingerprint density at radius 2 is 2.58 bits per heavy atom. The third-order valence-electron chi connectivity index (χ3n) is 1.57. The van der Waals surface area contributed by atoms with Gasteiger partial charge in [0.15, 0.2) is 0 Å². The van der Waals surface area contributed by atoms with Gasteiger partial charge in [-0.2, -0.15) is 0 Å². The van der Waals surface area contributed by atoms with Crippen LogP contribution in [0.2, 0.25) is 0 Å². The first-order valence-corrected chi connectivity index (χ1v) is 3.99. The first kappa shape index (κ1) is 9.35. The topological polar surface area (TPSA) is 47.6 Å². The van der Waals surface area contributed by atoms with Crippen molar-refractivity contribution >= 4 is 6.21 Å². The Bertz CT molecular complexity index is 191. The number of nitrogens with zero attached hydrogens (tertiary/aromatic N) is 1. The molecule has 0 radical (unpaired) electrons. The minimum Gasteiger partial charge on any atom is -0.378 e. The van der Waals surface area contributed by atoms with Crippen LogP contribution in [-0.2, 0) is 4.74 Å². The largest absolute Gasteiger partial charge is 0.378 e. The maximum absolute atomic E-state index is 12.4. The zero-order chi connectivity index (χ0) is 8.81. The van der Waals surface area contributed by atoms with Crippen LogP contribution in [0.5, 0.6) is 0 Å². The highest BCUT2D eigenvalue weighted by Gasteiger charge is 2.08. The number of halogens is 1. The molecule has 0 aromatic carbocycles. The van der Waals surface area contributed by atoms with Crippen LogP contribution in [0.15, 0.2) is 16.9 Å². The van der Waals surface area contributed by atoms with Crippen molar-refractivity contribution in [2.24, 2.45) is 10.7 Å². The van der Waals surface area contributed by atoms with Crippen LogP contribution in [0.3, 0.4) is 0 Å². The van der Waals surface area contributed by atoms with Crippen LogP contribution in [0, 0.1) is 0 Å². The van der Waals surface area contributed by atoms with Crippen molar-refractivity contribution in [3.63, 3.8) is 0 Å². The molecule has 4 heteroatoms. The van der Waals surface area contributed by atoms with Gasteiger partial charge < -0.3 is 10.5 Å². The van der Waals surface area contributed by atoms with E-state index in [1.807, 2.05) is 0 Å². The van der Waals surface area contributed by atoms with Gasteiger partial charge in [0, 0.05) is 6.54 Å². The third-order valence-corrected chi connectivity index (χ3v) is 1.57. The standard InChI is InChI=1S/C8H13FN2O/c9-7-1-2-8(11-5-7)6-12-4-3-10/h1,5,8H,2-4,6,10H2. The third kappa shape index (κ3) is 3.11. The predicted molar refractivity (Wildman–Crippen MR) is 46.0 cm³/mol. The van der Waals surface area contributed by atoms with E-state index in [1.54, 1.807) is 0 Å². The van der Waals surface area contributed by atoms with Crippen LogP contribution < -0.4 is 5.73 Å². The summed E-state index contributed by atoms with van der Waals surface area (Å²) >= 11 is 0. The van der Waals surface area contributed by atoms with Crippen molar-refractivity contribution in [1.29, 1.82) is 0 Å². The van der Waals surface area contributed by atoms with Gasteiger partial charge >= 0.3 is 0 Å². The quantitative estimate of drug-likeness (QED) is 0.633. The van der Waals surface area contributed by atoms with Gasteiger partial charge in [0.25, 0.3) is 0 Å². The lowest BCUT2D eigenvalue weighted by Gasteiger charge is -2.12. The maximum Gasteiger partial charge on any atom is 0.137 e. The van der Waals surface area contributed by atoms with E-state index in [2.05, 4.69) is 4.99 Å². The zero-order valence-corrected chi connectivity index (χ0v) is 6.87. The molecule has 0 saturated carbocycles. The van der Waals surface area contributed by atoms with Gasteiger partial charge in [-0.3, -0.25) is 4.99 Å². The highest BCUT2D eigenvalue weighted by atomic mass is 19.1. The van der Waals surface area contributed by atoms with Crippen molar-refractivity contribution in [2.75, 3.05) is 19.8 Å². The van der Waals surface area contributed by atoms with Gasteiger partial charge in [-0.05, 0) is 12.5 Å². The Balaban J connectivity index is 2.16. The molecule has 1 aliphatic heterocycles. The summed E-state index contributed by atoms with van der Waals surface area (Å²) in [6, 6.07) is 0.0658. The molecule has 1 aliphatic rings. The molecular formula is C8H13FN2O. The van der Waals surface area contributed by atoms with Gasteiger partial charge in [0.2, 0.25) is 0 Å². The molecule has 0 aliphatic carbocycles. The minimum atomic E-state index is -0.259. The Kier molecular flexibility index (Phi) is 3.90. The molecule has 1 heterocycles. The molecule has 2 N–H and O–H groups in total. The van der Waals surface area contributed by atoms with E-state index in [1.165, 1.54) is 12.3 Å². The van der Waals surface area contributed by atoms with Gasteiger partial charge in [-0.15, -0.1) is 0 Å². The Morgan fingerprint density at radius 1 is 1.75 bits per heavy atom. The van der Waals surface area contributed by atoms with Crippen LogP contribution in [-0.4, -0.2) is 32.0 Å². The van der Waals surface area contributed by atoms with E-state index >= 15 is 0 Å². The SMILES string of the molecule is NCCOCC1CC=C(F)C=N1. The zero-order valence-electron chi connectivity index (χ0n) is 6.87. The number of nitrogens with two attached hydrogens (primary N) is 1. The van der Waals surface area contributed by atoms with E-state index in [9.17, 15) is 4.39 Å². The number of ether oxygens (including phenoxy) is 1. The van der Waals surface area contributed by atoms with E-state index in [-0.39, 0.29) is 11.9 Å². The monoisotopic (exact) mass is 172 g/mol. The molecule has 0 aromatic rings. The van der Waals surface area contributed by atoms with Gasteiger partial charge in [-0.25, -0.2) is 4.39 Å². The second-order valence-corrected chi connectivity index (χ2v) is 2.62. The first-order valence-electron chi connectivity index (χ1n) is 3.99. The number of dihydropyridines is 1. The van der Waals surface area contributed by atoms with Gasteiger partial charge in [0.05, 0.1) is 25.5 Å². The fraction of sp³-hybridized carbons (Fsp3) is 0.625. The lowest BCUT2D eigenvalue weighted by atomic mass is 10.2. The van der Waals surface area contributed by atoms with Crippen LogP contribution >= 0.6 is 0 Å². The predicted octanol–water partition coefficient (Wildman–Crippen LogP) is 0.658. The molecule has 0 saturated heterocycles. The summed E-state index contributed by atoms with van der Waals surface area (Å²) < 4.78 is 17.6. The molecule has 12 heavy (non-hydrogen) atoms. The second-order valence-electron chi connectivity index (χ2n) is 2.62. The summed E-state index contributed by atoms with van der Waals surface area (Å²) in [6.45, 7) is 1.58. The Labute approximate surface area is 71.1 Å². The summed E-state index contributed by atoms with van der Waals surface area (Å²) in [7, 11) is 0. The summed E-state index contributed by atoms with van der Waals surface area (Å²) in [5, 5.41) is 0. The fourth-order valence-corrected chi connectivity index (χ4v) is 0.953. The van der Waals surface area contributed by atoms with Crippen LogP contribution in [0.25, 0.3) is 0 Å². The van der Waals surface area contributed by atoms with E-state index in [0.717, 1.165) is 0 Å². The van der Waals surface area contributed by atoms with Gasteiger partial charge in [0.1, 0.15) is 5.83 Å². The molecule has 0 aromatic heterocycles. The van der Waals surface area contributed by atoms with Crippen LogP contribution in [0.4, 0.5) is 4.39 Å². The highest BCUT2D eigenvalue weighted by Crippen LogP contribution is 2.09. The number of hydrogen-bond donors (Lipinski definition) is 1. The average molecular weight is 172 g/mol. The number of allylic oxidation sites excluding steroid dienone is 1. The molecule has 0 bridgehead atoms. The molecule has 0 spiro atoms. The second kappa shape index (κ2) is 5.00. The van der Waals surface area contributed by atoms with Crippen molar-refractivity contribution in [2.45, 2.75) is 12.5 Å². The van der Waals surface area contributed by atoms with E-state index < -0.39 is 0 Å². The Morgan fingerprint density at radius 3 is 3.17 bits per heavy atom. The van der Waals surface area contributed by atoms with Gasteiger partial charge in [-0.1, -0.05) is 0 Å². The molecule has 1 unspecified atom stereocenters. The van der Waals surface area contributed by atoms with Crippen molar-refractivity contribution in [3.05, 3.63) is 11.9 Å². The molecule has 0 fully saturated rings. The summed E-state index contributed by atoms with van der Waals surface area (Å²) in [5.74, 6) is -0.259. The fourth-order valence-electron chi connectivity index (χ4n) is 0.953. The average Bonchev–Trinajstić information content (AvgIpc) is 2.09. The normalized spacial score (nSPS) is 22.5. The van der Waals surface area contributed by atoms with Crippen molar-refractivity contribution in [1.82, 2.24) is 0 Å². The first-order chi connectivity index (χ1) is 5.83. The van der Waals surface area contributed by atoms with E-state index in [4.69, 9.17) is 10.5 Å². The summed E-state index contributed by atoms with van der Waals surface area (Å²) in [4.78, 5) is 3.95. The number of hydrogen-bond acceptors (Lipinski definition) is 3. The Hall–Kier alpha value is -0.740. The molecule has 1 atom stereocenters. The molecule has 0 amide bonds. The van der Waals surface area contributed by atoms with E-state index in [0.29, 0.717) is 26.2 Å². The molecule has 3 nitrogen and oxygen atoms in total. The van der Waals surface area contributed by atoms with Crippen molar-refractivity contribution < 1.29 is 9.13 Å². The molecular weight excluding hydrogens is 159 g/mol. The van der Waals surface area contributed by atoms with Crippen molar-refractivity contribution in [3.8, 4) is 0 Å². The maximum atomic E-state index is 12.4. The lowest BCUT2D eigenvalue weighted by Crippen LogP contribution is -2.18. The summed E-state index contributed by atoms with van der Waals surface area (Å²) in [5.41, 5.74) is 5.23. The summed E-state index contributed by atoms with van der Waals surface area (Å²) in [6.07, 6.45) is 3.37. The van der Waals surface area contributed by atoms with Crippen LogP contribution in [0.1, 0.15) is 6.42 Å². The lowest BCUT2D eigenvalue weighted by molar-refractivity contribution is 0.128. The molecule has 1 rings (SSSR count). The minimum absolute atomic E-state index is 0.0658. The number of aliphatic imine (C=N–C) groups is 1. The highest BCUT2D eigenvalue weighted by molar-refractivity contribution is 5.76.